The van der Waals surface area contributed by atoms with Crippen LogP contribution in [0.15, 0.2) is 43.0 Å². The molecule has 104 valence electrons. The number of carbonyl (C=O) groups is 2. The van der Waals surface area contributed by atoms with Crippen molar-refractivity contribution in [2.75, 3.05) is 6.61 Å². The highest BCUT2D eigenvalue weighted by Crippen LogP contribution is 2.14. The van der Waals surface area contributed by atoms with Crippen molar-refractivity contribution >= 4 is 11.9 Å². The monoisotopic (exact) mass is 272 g/mol. The number of amides is 1. The van der Waals surface area contributed by atoms with Gasteiger partial charge >= 0.3 is 5.97 Å². The minimum atomic E-state index is -0.901. The molecule has 1 N–H and O–H groups in total. The predicted molar refractivity (Wildman–Crippen MR) is 73.3 cm³/mol. The maximum Gasteiger partial charge on any atom is 0.334 e. The zero-order chi connectivity index (χ0) is 14.8. The van der Waals surface area contributed by atoms with Gasteiger partial charge in [0.25, 0.3) is 0 Å². The zero-order valence-electron chi connectivity index (χ0n) is 11.0. The first-order chi connectivity index (χ1) is 9.69. The highest BCUT2D eigenvalue weighted by atomic mass is 16.5. The summed E-state index contributed by atoms with van der Waals surface area (Å²) in [6.45, 7) is 3.20. The fourth-order valence-electron chi connectivity index (χ4n) is 1.58. The number of nitriles is 1. The molecule has 0 aliphatic heterocycles. The molecule has 0 aromatic heterocycles. The Morgan fingerprint density at radius 2 is 2.10 bits per heavy atom. The Labute approximate surface area is 117 Å². The van der Waals surface area contributed by atoms with E-state index < -0.39 is 12.0 Å². The lowest BCUT2D eigenvalue weighted by atomic mass is 10.1. The molecular weight excluding hydrogens is 256 g/mol. The molecule has 0 fully saturated rings. The van der Waals surface area contributed by atoms with E-state index in [-0.39, 0.29) is 18.9 Å². The minimum Gasteiger partial charge on any atom is -0.448 e. The standard InChI is InChI=1S/C15H16N2O3/c1-2-3-9-13(18)17-14(15(19)20-11-10-16)12-7-5-4-6-8-12/h2,4-8,14H,1,3,9,11H2,(H,17,18). The van der Waals surface area contributed by atoms with E-state index in [0.717, 1.165) is 0 Å². The van der Waals surface area contributed by atoms with Crippen LogP contribution in [-0.2, 0) is 14.3 Å². The van der Waals surface area contributed by atoms with Crippen LogP contribution < -0.4 is 5.32 Å². The van der Waals surface area contributed by atoms with Crippen LogP contribution in [-0.4, -0.2) is 18.5 Å². The molecule has 1 rings (SSSR count). The average Bonchev–Trinajstić information content (AvgIpc) is 2.49. The fourth-order valence-corrected chi connectivity index (χ4v) is 1.58. The summed E-state index contributed by atoms with van der Waals surface area (Å²) in [5.74, 6) is -0.919. The van der Waals surface area contributed by atoms with Gasteiger partial charge in [-0.1, -0.05) is 36.4 Å². The second kappa shape index (κ2) is 8.48. The van der Waals surface area contributed by atoms with Crippen LogP contribution in [0.1, 0.15) is 24.4 Å². The number of hydrogen-bond donors (Lipinski definition) is 1. The second-order valence-electron chi connectivity index (χ2n) is 4.00. The van der Waals surface area contributed by atoms with Crippen LogP contribution in [0.3, 0.4) is 0 Å². The smallest absolute Gasteiger partial charge is 0.334 e. The molecule has 0 saturated carbocycles. The van der Waals surface area contributed by atoms with Gasteiger partial charge < -0.3 is 10.1 Å². The van der Waals surface area contributed by atoms with E-state index in [0.29, 0.717) is 12.0 Å². The Balaban J connectivity index is 2.80. The lowest BCUT2D eigenvalue weighted by Crippen LogP contribution is -2.34. The van der Waals surface area contributed by atoms with E-state index in [2.05, 4.69) is 11.9 Å². The van der Waals surface area contributed by atoms with Gasteiger partial charge in [0.1, 0.15) is 6.07 Å². The maximum absolute atomic E-state index is 11.9. The third-order valence-electron chi connectivity index (χ3n) is 2.53. The molecule has 5 nitrogen and oxygen atoms in total. The lowest BCUT2D eigenvalue weighted by Gasteiger charge is -2.17. The van der Waals surface area contributed by atoms with Crippen LogP contribution in [0, 0.1) is 11.3 Å². The summed E-state index contributed by atoms with van der Waals surface area (Å²) in [6, 6.07) is 9.58. The number of ether oxygens (including phenoxy) is 1. The molecule has 1 aromatic carbocycles. The molecule has 0 spiro atoms. The van der Waals surface area contributed by atoms with Gasteiger partial charge in [-0.25, -0.2) is 4.79 Å². The minimum absolute atomic E-state index is 0.248. The molecule has 0 radical (unpaired) electrons. The van der Waals surface area contributed by atoms with Gasteiger partial charge in [-0.3, -0.25) is 4.79 Å². The van der Waals surface area contributed by atoms with Crippen molar-refractivity contribution in [3.63, 3.8) is 0 Å². The summed E-state index contributed by atoms with van der Waals surface area (Å²) < 4.78 is 4.78. The van der Waals surface area contributed by atoms with Gasteiger partial charge in [0.05, 0.1) is 0 Å². The quantitative estimate of drug-likeness (QED) is 0.607. The number of allylic oxidation sites excluding steroid dienone is 1. The number of benzene rings is 1. The molecule has 1 unspecified atom stereocenters. The van der Waals surface area contributed by atoms with Crippen molar-refractivity contribution in [1.82, 2.24) is 5.32 Å². The Morgan fingerprint density at radius 1 is 1.40 bits per heavy atom. The van der Waals surface area contributed by atoms with E-state index in [1.807, 2.05) is 0 Å². The molecule has 1 aromatic rings. The molecule has 20 heavy (non-hydrogen) atoms. The highest BCUT2D eigenvalue weighted by Gasteiger charge is 2.23. The number of carbonyl (C=O) groups excluding carboxylic acids is 2. The highest BCUT2D eigenvalue weighted by molar-refractivity contribution is 5.85. The van der Waals surface area contributed by atoms with E-state index in [1.54, 1.807) is 42.5 Å². The zero-order valence-corrected chi connectivity index (χ0v) is 11.0. The normalized spacial score (nSPS) is 10.9. The van der Waals surface area contributed by atoms with E-state index in [9.17, 15) is 9.59 Å². The molecule has 0 aliphatic carbocycles. The van der Waals surface area contributed by atoms with Gasteiger partial charge in [-0.2, -0.15) is 5.26 Å². The van der Waals surface area contributed by atoms with Crippen LogP contribution in [0.25, 0.3) is 0 Å². The van der Waals surface area contributed by atoms with Crippen molar-refractivity contribution in [2.24, 2.45) is 0 Å². The predicted octanol–water partition coefficient (Wildman–Crippen LogP) is 1.88. The lowest BCUT2D eigenvalue weighted by molar-refractivity contribution is -0.146. The number of esters is 1. The van der Waals surface area contributed by atoms with Gasteiger partial charge in [0.15, 0.2) is 12.6 Å². The molecule has 1 atom stereocenters. The Hall–Kier alpha value is -2.61. The third-order valence-corrected chi connectivity index (χ3v) is 2.53. The number of hydrogen-bond acceptors (Lipinski definition) is 4. The molecule has 0 saturated heterocycles. The first-order valence-corrected chi connectivity index (χ1v) is 6.17. The Kier molecular flexibility index (Phi) is 6.55. The van der Waals surface area contributed by atoms with E-state index in [4.69, 9.17) is 10.00 Å². The summed E-state index contributed by atoms with van der Waals surface area (Å²) in [5, 5.41) is 11.0. The van der Waals surface area contributed by atoms with E-state index in [1.165, 1.54) is 0 Å². The number of nitrogens with one attached hydrogen (secondary N) is 1. The third kappa shape index (κ3) is 4.94. The first kappa shape index (κ1) is 15.4. The maximum atomic E-state index is 11.9. The van der Waals surface area contributed by atoms with Crippen LogP contribution >= 0.6 is 0 Å². The number of nitrogens with zero attached hydrogens (tertiary/aromatic N) is 1. The summed E-state index contributed by atoms with van der Waals surface area (Å²) in [4.78, 5) is 23.6. The van der Waals surface area contributed by atoms with Crippen molar-refractivity contribution in [2.45, 2.75) is 18.9 Å². The molecule has 0 heterocycles. The molecular formula is C15H16N2O3. The molecule has 0 aliphatic rings. The molecule has 0 bridgehead atoms. The van der Waals surface area contributed by atoms with Gasteiger partial charge in [0.2, 0.25) is 5.91 Å². The summed E-state index contributed by atoms with van der Waals surface area (Å²) in [5.41, 5.74) is 0.613. The topological polar surface area (TPSA) is 79.2 Å². The summed E-state index contributed by atoms with van der Waals surface area (Å²) >= 11 is 0. The van der Waals surface area contributed by atoms with Gasteiger partial charge in [-0.15, -0.1) is 6.58 Å². The Morgan fingerprint density at radius 3 is 2.70 bits per heavy atom. The Bertz CT molecular complexity index is 506. The fraction of sp³-hybridized carbons (Fsp3) is 0.267. The van der Waals surface area contributed by atoms with Crippen molar-refractivity contribution in [3.05, 3.63) is 48.6 Å². The van der Waals surface area contributed by atoms with Crippen LogP contribution in [0.2, 0.25) is 0 Å². The summed E-state index contributed by atoms with van der Waals surface area (Å²) in [7, 11) is 0. The van der Waals surface area contributed by atoms with Crippen LogP contribution in [0.4, 0.5) is 0 Å². The van der Waals surface area contributed by atoms with Crippen molar-refractivity contribution in [1.29, 1.82) is 5.26 Å². The second-order valence-corrected chi connectivity index (χ2v) is 4.00. The van der Waals surface area contributed by atoms with Crippen LogP contribution in [0.5, 0.6) is 0 Å². The average molecular weight is 272 g/mol. The van der Waals surface area contributed by atoms with Crippen molar-refractivity contribution in [3.8, 4) is 6.07 Å². The van der Waals surface area contributed by atoms with Crippen molar-refractivity contribution < 1.29 is 14.3 Å². The van der Waals surface area contributed by atoms with Gasteiger partial charge in [-0.05, 0) is 12.0 Å². The molecule has 1 amide bonds. The summed E-state index contributed by atoms with van der Waals surface area (Å²) in [6.07, 6.45) is 2.41. The van der Waals surface area contributed by atoms with Gasteiger partial charge in [0, 0.05) is 6.42 Å². The largest absolute Gasteiger partial charge is 0.448 e. The van der Waals surface area contributed by atoms with E-state index >= 15 is 0 Å². The number of rotatable bonds is 7. The molecule has 5 heteroatoms. The first-order valence-electron chi connectivity index (χ1n) is 6.17. The SMILES string of the molecule is C=CCCC(=O)NC(C(=O)OCC#N)c1ccccc1.